The number of hydrogen-bond donors (Lipinski definition) is 4. The number of anilines is 1. The molecule has 30 heavy (non-hydrogen) atoms. The first-order valence-corrected chi connectivity index (χ1v) is 6.22. The monoisotopic (exact) mass is 464 g/mol. The van der Waals surface area contributed by atoms with Gasteiger partial charge in [0.1, 0.15) is 0 Å². The molecular formula is C12H9F9N2O7. The van der Waals surface area contributed by atoms with Gasteiger partial charge in [-0.15, -0.1) is 0 Å². The fraction of sp³-hybridized carbons (Fsp3) is 0.250. The van der Waals surface area contributed by atoms with E-state index in [0.29, 0.717) is 17.5 Å². The molecule has 0 amide bonds. The van der Waals surface area contributed by atoms with Crippen molar-refractivity contribution in [2.24, 2.45) is 0 Å². The Labute approximate surface area is 158 Å². The van der Waals surface area contributed by atoms with E-state index in [1.54, 1.807) is 12.3 Å². The zero-order valence-electron chi connectivity index (χ0n) is 13.7. The van der Waals surface area contributed by atoms with Crippen LogP contribution in [0.4, 0.5) is 45.2 Å². The van der Waals surface area contributed by atoms with Crippen LogP contribution in [0, 0.1) is 0 Å². The first-order valence-electron chi connectivity index (χ1n) is 6.22. The Hall–Kier alpha value is -3.60. The molecule has 0 saturated carbocycles. The third-order valence-electron chi connectivity index (χ3n) is 1.74. The summed E-state index contributed by atoms with van der Waals surface area (Å²) >= 11 is 0. The summed E-state index contributed by atoms with van der Waals surface area (Å²) in [7, 11) is 0. The van der Waals surface area contributed by atoms with E-state index >= 15 is 0 Å². The minimum Gasteiger partial charge on any atom is -0.475 e. The molecule has 0 radical (unpaired) electrons. The number of aldehydes is 1. The Morgan fingerprint density at radius 1 is 0.800 bits per heavy atom. The number of carbonyl (C=O) groups excluding carboxylic acids is 1. The van der Waals surface area contributed by atoms with Gasteiger partial charge in [0.15, 0.2) is 6.29 Å². The van der Waals surface area contributed by atoms with Crippen molar-refractivity contribution >= 4 is 29.9 Å². The quantitative estimate of drug-likeness (QED) is 0.360. The largest absolute Gasteiger partial charge is 0.490 e. The highest BCUT2D eigenvalue weighted by Gasteiger charge is 2.39. The lowest BCUT2D eigenvalue weighted by Gasteiger charge is -1.93. The molecule has 0 spiro atoms. The van der Waals surface area contributed by atoms with Gasteiger partial charge in [-0.3, -0.25) is 9.78 Å². The standard InChI is InChI=1S/C6H6N2O.3C2HF3O2/c7-6-1-2-8-3-5(6)4-9;3*3-2(4,5)1(6)7/h1-4H,(H2,7,8);3*(H,6,7). The zero-order valence-corrected chi connectivity index (χ0v) is 13.7. The molecule has 0 unspecified atom stereocenters. The predicted octanol–water partition coefficient (Wildman–Crippen LogP) is 2.38. The van der Waals surface area contributed by atoms with Gasteiger partial charge in [0.25, 0.3) is 0 Å². The molecule has 1 aromatic heterocycles. The lowest BCUT2D eigenvalue weighted by atomic mass is 10.3. The van der Waals surface area contributed by atoms with Gasteiger partial charge in [0, 0.05) is 18.1 Å². The number of nitrogens with zero attached hydrogens (tertiary/aromatic N) is 1. The Bertz CT molecular complexity index is 658. The second kappa shape index (κ2) is 12.8. The summed E-state index contributed by atoms with van der Waals surface area (Å²) in [5.41, 5.74) is 6.27. The molecule has 1 heterocycles. The lowest BCUT2D eigenvalue weighted by molar-refractivity contribution is -0.193. The molecule has 0 bridgehead atoms. The molecular weight excluding hydrogens is 455 g/mol. The number of pyridine rings is 1. The Morgan fingerprint density at radius 3 is 1.20 bits per heavy atom. The van der Waals surface area contributed by atoms with Crippen molar-refractivity contribution in [2.45, 2.75) is 18.5 Å². The van der Waals surface area contributed by atoms with Crippen molar-refractivity contribution in [3.63, 3.8) is 0 Å². The van der Waals surface area contributed by atoms with Gasteiger partial charge < -0.3 is 21.1 Å². The van der Waals surface area contributed by atoms with E-state index in [-0.39, 0.29) is 0 Å². The highest BCUT2D eigenvalue weighted by Crippen LogP contribution is 2.14. The summed E-state index contributed by atoms with van der Waals surface area (Å²) < 4.78 is 95.2. The van der Waals surface area contributed by atoms with E-state index in [4.69, 9.17) is 35.4 Å². The molecule has 0 aliphatic heterocycles. The second-order valence-electron chi connectivity index (χ2n) is 4.03. The lowest BCUT2D eigenvalue weighted by Crippen LogP contribution is -2.21. The van der Waals surface area contributed by atoms with Crippen LogP contribution in [-0.2, 0) is 14.4 Å². The minimum absolute atomic E-state index is 0.442. The number of carboxylic acid groups (broad SMARTS) is 3. The molecule has 0 saturated heterocycles. The number of nitrogen functional groups attached to an aromatic ring is 1. The molecule has 1 rings (SSSR count). The number of hydrogen-bond acceptors (Lipinski definition) is 6. The molecule has 5 N–H and O–H groups in total. The number of nitrogens with two attached hydrogens (primary N) is 1. The van der Waals surface area contributed by atoms with Crippen LogP contribution >= 0.6 is 0 Å². The Kier molecular flexibility index (Phi) is 13.2. The van der Waals surface area contributed by atoms with Crippen LogP contribution in [-0.4, -0.2) is 63.0 Å². The van der Waals surface area contributed by atoms with Crippen LogP contribution < -0.4 is 5.73 Å². The molecule has 1 aromatic rings. The number of carboxylic acids is 3. The summed E-state index contributed by atoms with van der Waals surface area (Å²) in [5.74, 6) is -8.27. The minimum atomic E-state index is -5.08. The SMILES string of the molecule is Nc1ccncc1C=O.O=C(O)C(F)(F)F.O=C(O)C(F)(F)F.O=C(O)C(F)(F)F. The Morgan fingerprint density at radius 2 is 1.07 bits per heavy atom. The van der Waals surface area contributed by atoms with Gasteiger partial charge >= 0.3 is 36.4 Å². The van der Waals surface area contributed by atoms with E-state index in [0.717, 1.165) is 0 Å². The molecule has 0 atom stereocenters. The number of carbonyl (C=O) groups is 4. The summed E-state index contributed by atoms with van der Waals surface area (Å²) in [4.78, 5) is 40.5. The van der Waals surface area contributed by atoms with Crippen molar-refractivity contribution in [1.82, 2.24) is 4.98 Å². The van der Waals surface area contributed by atoms with Gasteiger partial charge in [0.2, 0.25) is 0 Å². The van der Waals surface area contributed by atoms with Gasteiger partial charge in [-0.2, -0.15) is 39.5 Å². The molecule has 0 fully saturated rings. The molecule has 0 aliphatic rings. The fourth-order valence-corrected chi connectivity index (χ4v) is 0.516. The number of aliphatic carboxylic acids is 3. The van der Waals surface area contributed by atoms with Crippen LogP contribution in [0.5, 0.6) is 0 Å². The normalized spacial score (nSPS) is 10.6. The van der Waals surface area contributed by atoms with Crippen LogP contribution in [0.1, 0.15) is 10.4 Å². The molecule has 172 valence electrons. The first kappa shape index (κ1) is 31.1. The highest BCUT2D eigenvalue weighted by atomic mass is 19.4. The van der Waals surface area contributed by atoms with Crippen molar-refractivity contribution in [2.75, 3.05) is 5.73 Å². The summed E-state index contributed by atoms with van der Waals surface area (Å²) in [6.07, 6.45) is -11.6. The van der Waals surface area contributed by atoms with Crippen molar-refractivity contribution < 1.29 is 74.0 Å². The number of aromatic nitrogens is 1. The summed E-state index contributed by atoms with van der Waals surface area (Å²) in [5, 5.41) is 21.4. The third-order valence-corrected chi connectivity index (χ3v) is 1.74. The number of rotatable bonds is 1. The van der Waals surface area contributed by atoms with Crippen LogP contribution in [0.15, 0.2) is 18.5 Å². The summed E-state index contributed by atoms with van der Waals surface area (Å²) in [6, 6.07) is 1.59. The fourth-order valence-electron chi connectivity index (χ4n) is 0.516. The second-order valence-corrected chi connectivity index (χ2v) is 4.03. The van der Waals surface area contributed by atoms with Crippen molar-refractivity contribution in [3.05, 3.63) is 24.0 Å². The van der Waals surface area contributed by atoms with E-state index in [1.807, 2.05) is 0 Å². The molecule has 9 nitrogen and oxygen atoms in total. The molecule has 0 aliphatic carbocycles. The average Bonchev–Trinajstić information content (AvgIpc) is 2.54. The van der Waals surface area contributed by atoms with Crippen LogP contribution in [0.2, 0.25) is 0 Å². The number of alkyl halides is 9. The van der Waals surface area contributed by atoms with Crippen LogP contribution in [0.25, 0.3) is 0 Å². The zero-order chi connectivity index (χ0) is 24.9. The van der Waals surface area contributed by atoms with E-state index < -0.39 is 36.4 Å². The summed E-state index contributed by atoms with van der Waals surface area (Å²) in [6.45, 7) is 0. The van der Waals surface area contributed by atoms with Crippen molar-refractivity contribution in [1.29, 1.82) is 0 Å². The third kappa shape index (κ3) is 17.8. The Balaban J connectivity index is -0.000000327. The van der Waals surface area contributed by atoms with E-state index in [2.05, 4.69) is 4.98 Å². The van der Waals surface area contributed by atoms with Crippen LogP contribution in [0.3, 0.4) is 0 Å². The predicted molar refractivity (Wildman–Crippen MR) is 75.1 cm³/mol. The highest BCUT2D eigenvalue weighted by molar-refractivity contribution is 5.82. The average molecular weight is 464 g/mol. The van der Waals surface area contributed by atoms with Gasteiger partial charge in [-0.1, -0.05) is 0 Å². The smallest absolute Gasteiger partial charge is 0.475 e. The maximum absolute atomic E-state index is 10.6. The molecule has 0 aromatic carbocycles. The van der Waals surface area contributed by atoms with Gasteiger partial charge in [0.05, 0.1) is 5.56 Å². The van der Waals surface area contributed by atoms with E-state index in [9.17, 15) is 44.3 Å². The maximum Gasteiger partial charge on any atom is 0.490 e. The van der Waals surface area contributed by atoms with E-state index in [1.165, 1.54) is 6.20 Å². The first-order chi connectivity index (χ1) is 13.2. The number of halogens is 9. The maximum atomic E-state index is 10.6. The topological polar surface area (TPSA) is 168 Å². The van der Waals surface area contributed by atoms with Gasteiger partial charge in [-0.05, 0) is 6.07 Å². The molecule has 18 heteroatoms. The van der Waals surface area contributed by atoms with Gasteiger partial charge in [-0.25, -0.2) is 14.4 Å². The van der Waals surface area contributed by atoms with Crippen molar-refractivity contribution in [3.8, 4) is 0 Å².